The second kappa shape index (κ2) is 5.70. The van der Waals surface area contributed by atoms with Gasteiger partial charge in [-0.25, -0.2) is 8.42 Å². The Morgan fingerprint density at radius 3 is 2.38 bits per heavy atom. The molecule has 1 saturated heterocycles. The van der Waals surface area contributed by atoms with Crippen molar-refractivity contribution in [2.75, 3.05) is 13.1 Å². The topological polar surface area (TPSA) is 89.8 Å². The van der Waals surface area contributed by atoms with Crippen LogP contribution >= 0.6 is 0 Å². The number of hydrogen-bond acceptors (Lipinski definition) is 5. The smallest absolute Gasteiger partial charge is 0.273 e. The third kappa shape index (κ3) is 3.07. The maximum absolute atomic E-state index is 12.7. The summed E-state index contributed by atoms with van der Waals surface area (Å²) < 4.78 is 32.3. The molecular formula is C13H18N2O5S. The molecule has 0 unspecified atom stereocenters. The lowest BCUT2D eigenvalue weighted by Crippen LogP contribution is -2.48. The number of nitro groups is 1. The zero-order chi connectivity index (χ0) is 15.8. The minimum absolute atomic E-state index is 0.0157. The first-order valence-corrected chi connectivity index (χ1v) is 8.07. The van der Waals surface area contributed by atoms with Gasteiger partial charge in [0.25, 0.3) is 5.69 Å². The van der Waals surface area contributed by atoms with E-state index >= 15 is 0 Å². The second-order valence-electron chi connectivity index (χ2n) is 5.24. The van der Waals surface area contributed by atoms with Crippen molar-refractivity contribution in [1.82, 2.24) is 4.31 Å². The summed E-state index contributed by atoms with van der Waals surface area (Å²) in [5.74, 6) is 0. The first-order chi connectivity index (χ1) is 9.73. The number of sulfonamides is 1. The van der Waals surface area contributed by atoms with E-state index in [9.17, 15) is 18.5 Å². The molecule has 1 aromatic rings. The van der Waals surface area contributed by atoms with Crippen molar-refractivity contribution in [2.24, 2.45) is 0 Å². The Balaban J connectivity index is 2.45. The molecule has 7 nitrogen and oxygen atoms in total. The number of nitro benzene ring substituents is 1. The summed E-state index contributed by atoms with van der Waals surface area (Å²) in [5, 5.41) is 11.0. The lowest BCUT2D eigenvalue weighted by Gasteiger charge is -2.34. The molecule has 0 aromatic heterocycles. The zero-order valence-electron chi connectivity index (χ0n) is 12.1. The van der Waals surface area contributed by atoms with Gasteiger partial charge in [0, 0.05) is 24.7 Å². The van der Waals surface area contributed by atoms with E-state index in [2.05, 4.69) is 0 Å². The van der Waals surface area contributed by atoms with Gasteiger partial charge in [0.1, 0.15) is 0 Å². The van der Waals surface area contributed by atoms with Gasteiger partial charge in [-0.2, -0.15) is 4.31 Å². The Morgan fingerprint density at radius 1 is 1.29 bits per heavy atom. The maximum Gasteiger partial charge on any atom is 0.273 e. The van der Waals surface area contributed by atoms with Crippen LogP contribution in [-0.4, -0.2) is 42.9 Å². The molecule has 0 radical (unpaired) electrons. The summed E-state index contributed by atoms with van der Waals surface area (Å²) in [7, 11) is -3.77. The molecule has 1 aliphatic rings. The Kier molecular flexibility index (Phi) is 4.31. The van der Waals surface area contributed by atoms with Crippen LogP contribution in [0, 0.1) is 17.0 Å². The van der Waals surface area contributed by atoms with Crippen molar-refractivity contribution < 1.29 is 18.1 Å². The SMILES string of the molecule is Cc1c([N+](=O)[O-])cccc1S(=O)(=O)N1C[C@H](C)O[C@@H](C)C1. The lowest BCUT2D eigenvalue weighted by molar-refractivity contribution is -0.385. The maximum atomic E-state index is 12.7. The molecular weight excluding hydrogens is 296 g/mol. The highest BCUT2D eigenvalue weighted by molar-refractivity contribution is 7.89. The average molecular weight is 314 g/mol. The molecule has 0 bridgehead atoms. The third-order valence-corrected chi connectivity index (χ3v) is 5.43. The molecule has 1 heterocycles. The van der Waals surface area contributed by atoms with Crippen molar-refractivity contribution in [3.05, 3.63) is 33.9 Å². The fourth-order valence-electron chi connectivity index (χ4n) is 2.55. The van der Waals surface area contributed by atoms with Gasteiger partial charge in [0.2, 0.25) is 10.0 Å². The number of rotatable bonds is 3. The van der Waals surface area contributed by atoms with E-state index in [1.807, 2.05) is 0 Å². The molecule has 0 spiro atoms. The lowest BCUT2D eigenvalue weighted by atomic mass is 10.2. The van der Waals surface area contributed by atoms with Crippen molar-refractivity contribution in [2.45, 2.75) is 37.9 Å². The van der Waals surface area contributed by atoms with E-state index in [-0.39, 0.29) is 41.4 Å². The average Bonchev–Trinajstić information content (AvgIpc) is 2.37. The summed E-state index contributed by atoms with van der Waals surface area (Å²) in [5.41, 5.74) is -0.0280. The van der Waals surface area contributed by atoms with Crippen LogP contribution in [0.4, 0.5) is 5.69 Å². The van der Waals surface area contributed by atoms with E-state index in [0.29, 0.717) is 0 Å². The number of benzene rings is 1. The van der Waals surface area contributed by atoms with Crippen LogP contribution in [0.3, 0.4) is 0 Å². The van der Waals surface area contributed by atoms with E-state index in [1.165, 1.54) is 29.4 Å². The van der Waals surface area contributed by atoms with Gasteiger partial charge in [0.05, 0.1) is 22.0 Å². The van der Waals surface area contributed by atoms with E-state index < -0.39 is 14.9 Å². The molecule has 0 saturated carbocycles. The molecule has 1 fully saturated rings. The number of nitrogens with zero attached hydrogens (tertiary/aromatic N) is 2. The van der Waals surface area contributed by atoms with Crippen LogP contribution in [0.2, 0.25) is 0 Å². The molecule has 8 heteroatoms. The summed E-state index contributed by atoms with van der Waals surface area (Å²) in [6, 6.07) is 4.10. The largest absolute Gasteiger partial charge is 0.373 e. The van der Waals surface area contributed by atoms with E-state index in [0.717, 1.165) is 0 Å². The number of ether oxygens (including phenoxy) is 1. The molecule has 0 aliphatic carbocycles. The van der Waals surface area contributed by atoms with Crippen LogP contribution in [0.5, 0.6) is 0 Å². The van der Waals surface area contributed by atoms with Crippen LogP contribution < -0.4 is 0 Å². The van der Waals surface area contributed by atoms with Crippen molar-refractivity contribution in [3.63, 3.8) is 0 Å². The quantitative estimate of drug-likeness (QED) is 0.625. The minimum atomic E-state index is -3.77. The predicted molar refractivity (Wildman–Crippen MR) is 76.6 cm³/mol. The van der Waals surface area contributed by atoms with Crippen LogP contribution in [-0.2, 0) is 14.8 Å². The van der Waals surface area contributed by atoms with Gasteiger partial charge in [-0.05, 0) is 26.8 Å². The molecule has 2 atom stereocenters. The molecule has 116 valence electrons. The normalized spacial score (nSPS) is 24.0. The van der Waals surface area contributed by atoms with Crippen LogP contribution in [0.25, 0.3) is 0 Å². The highest BCUT2D eigenvalue weighted by atomic mass is 32.2. The van der Waals surface area contributed by atoms with Crippen molar-refractivity contribution in [3.8, 4) is 0 Å². The van der Waals surface area contributed by atoms with Crippen LogP contribution in [0.1, 0.15) is 19.4 Å². The highest BCUT2D eigenvalue weighted by Crippen LogP contribution is 2.28. The minimum Gasteiger partial charge on any atom is -0.373 e. The summed E-state index contributed by atoms with van der Waals surface area (Å²) in [6.07, 6.45) is -0.412. The van der Waals surface area contributed by atoms with Gasteiger partial charge in [-0.15, -0.1) is 0 Å². The zero-order valence-corrected chi connectivity index (χ0v) is 13.0. The Morgan fingerprint density at radius 2 is 1.86 bits per heavy atom. The first kappa shape index (κ1) is 15.9. The molecule has 2 rings (SSSR count). The highest BCUT2D eigenvalue weighted by Gasteiger charge is 2.34. The number of hydrogen-bond donors (Lipinski definition) is 0. The summed E-state index contributed by atoms with van der Waals surface area (Å²) in [6.45, 7) is 5.55. The molecule has 0 N–H and O–H groups in total. The second-order valence-corrected chi connectivity index (χ2v) is 7.14. The summed E-state index contributed by atoms with van der Waals surface area (Å²) in [4.78, 5) is 10.4. The first-order valence-electron chi connectivity index (χ1n) is 6.63. The Labute approximate surface area is 123 Å². The Bertz CT molecular complexity index is 649. The molecule has 1 aromatic carbocycles. The monoisotopic (exact) mass is 314 g/mol. The van der Waals surface area contributed by atoms with E-state index in [4.69, 9.17) is 4.74 Å². The summed E-state index contributed by atoms with van der Waals surface area (Å²) >= 11 is 0. The molecule has 1 aliphatic heterocycles. The third-order valence-electron chi connectivity index (χ3n) is 3.46. The number of morpholine rings is 1. The van der Waals surface area contributed by atoms with Gasteiger partial charge in [-0.3, -0.25) is 10.1 Å². The fraction of sp³-hybridized carbons (Fsp3) is 0.538. The van der Waals surface area contributed by atoms with Crippen molar-refractivity contribution >= 4 is 15.7 Å². The van der Waals surface area contributed by atoms with Gasteiger partial charge >= 0.3 is 0 Å². The van der Waals surface area contributed by atoms with Crippen LogP contribution in [0.15, 0.2) is 23.1 Å². The van der Waals surface area contributed by atoms with Gasteiger partial charge < -0.3 is 4.74 Å². The molecule has 0 amide bonds. The fourth-order valence-corrected chi connectivity index (χ4v) is 4.38. The van der Waals surface area contributed by atoms with E-state index in [1.54, 1.807) is 13.8 Å². The van der Waals surface area contributed by atoms with Gasteiger partial charge in [0.15, 0.2) is 0 Å². The molecule has 21 heavy (non-hydrogen) atoms. The predicted octanol–water partition coefficient (Wildman–Crippen LogP) is 1.70. The standard InChI is InChI=1S/C13H18N2O5S/c1-9-7-14(8-10(2)20-9)21(18,19)13-6-4-5-12(11(13)3)15(16)17/h4-6,9-10H,7-8H2,1-3H3/t9-,10-/m0/s1. The van der Waals surface area contributed by atoms with Gasteiger partial charge in [-0.1, -0.05) is 6.07 Å². The van der Waals surface area contributed by atoms with Crippen molar-refractivity contribution in [1.29, 1.82) is 0 Å². The Hall–Kier alpha value is -1.51.